The molecule has 2 aromatic carbocycles. The second kappa shape index (κ2) is 8.79. The monoisotopic (exact) mass is 392 g/mol. The Morgan fingerprint density at radius 1 is 0.897 bits per heavy atom. The second-order valence-corrected chi connectivity index (χ2v) is 6.60. The maximum Gasteiger partial charge on any atom is 0.229 e. The van der Waals surface area contributed by atoms with Gasteiger partial charge in [-0.2, -0.15) is 4.98 Å². The first-order valence-corrected chi connectivity index (χ1v) is 9.53. The highest BCUT2D eigenvalue weighted by Gasteiger charge is 2.16. The molecule has 1 saturated heterocycles. The Morgan fingerprint density at radius 3 is 2.38 bits per heavy atom. The summed E-state index contributed by atoms with van der Waals surface area (Å²) in [7, 11) is 3.23. The SMILES string of the molecule is COc1ccc(Nc2nc(-c3ccccc3)cc(N3CCOCC3)n2)cc1OC. The molecule has 1 fully saturated rings. The molecule has 7 nitrogen and oxygen atoms in total. The topological polar surface area (TPSA) is 68.7 Å². The molecular weight excluding hydrogens is 368 g/mol. The fourth-order valence-electron chi connectivity index (χ4n) is 3.24. The van der Waals surface area contributed by atoms with Crippen LogP contribution in [-0.4, -0.2) is 50.5 Å². The molecule has 0 unspecified atom stereocenters. The number of hydrogen-bond acceptors (Lipinski definition) is 7. The molecule has 3 aromatic rings. The highest BCUT2D eigenvalue weighted by molar-refractivity contribution is 5.67. The van der Waals surface area contributed by atoms with Crippen molar-refractivity contribution in [2.45, 2.75) is 0 Å². The molecule has 1 N–H and O–H groups in total. The van der Waals surface area contributed by atoms with Gasteiger partial charge in [-0.25, -0.2) is 4.98 Å². The van der Waals surface area contributed by atoms with Crippen molar-refractivity contribution in [1.29, 1.82) is 0 Å². The van der Waals surface area contributed by atoms with Crippen LogP contribution >= 0.6 is 0 Å². The quantitative estimate of drug-likeness (QED) is 0.685. The number of ether oxygens (including phenoxy) is 3. The number of anilines is 3. The molecule has 7 heteroatoms. The molecule has 0 radical (unpaired) electrons. The van der Waals surface area contributed by atoms with E-state index in [1.165, 1.54) is 0 Å². The number of benzene rings is 2. The molecule has 0 atom stereocenters. The first-order valence-electron chi connectivity index (χ1n) is 9.53. The first-order chi connectivity index (χ1) is 14.3. The fraction of sp³-hybridized carbons (Fsp3) is 0.273. The normalized spacial score (nSPS) is 13.8. The molecule has 150 valence electrons. The van der Waals surface area contributed by atoms with E-state index in [1.54, 1.807) is 14.2 Å². The zero-order valence-corrected chi connectivity index (χ0v) is 16.6. The van der Waals surface area contributed by atoms with Gasteiger partial charge in [0.1, 0.15) is 5.82 Å². The molecule has 0 aliphatic carbocycles. The van der Waals surface area contributed by atoms with Crippen molar-refractivity contribution in [2.75, 3.05) is 50.7 Å². The Morgan fingerprint density at radius 2 is 1.66 bits per heavy atom. The molecule has 0 bridgehead atoms. The minimum Gasteiger partial charge on any atom is -0.493 e. The van der Waals surface area contributed by atoms with Crippen LogP contribution in [0, 0.1) is 0 Å². The van der Waals surface area contributed by atoms with E-state index >= 15 is 0 Å². The summed E-state index contributed by atoms with van der Waals surface area (Å²) in [5.41, 5.74) is 2.73. The van der Waals surface area contributed by atoms with E-state index < -0.39 is 0 Å². The van der Waals surface area contributed by atoms with Crippen LogP contribution in [0.5, 0.6) is 11.5 Å². The summed E-state index contributed by atoms with van der Waals surface area (Å²) >= 11 is 0. The van der Waals surface area contributed by atoms with Crippen molar-refractivity contribution in [3.05, 3.63) is 54.6 Å². The molecule has 4 rings (SSSR count). The molecule has 29 heavy (non-hydrogen) atoms. The lowest BCUT2D eigenvalue weighted by Gasteiger charge is -2.28. The molecule has 1 aliphatic rings. The van der Waals surface area contributed by atoms with Crippen LogP contribution in [0.2, 0.25) is 0 Å². The Bertz CT molecular complexity index is 960. The largest absolute Gasteiger partial charge is 0.493 e. The van der Waals surface area contributed by atoms with Crippen molar-refractivity contribution in [3.8, 4) is 22.8 Å². The van der Waals surface area contributed by atoms with Crippen molar-refractivity contribution in [1.82, 2.24) is 9.97 Å². The first kappa shape index (κ1) is 19.0. The highest BCUT2D eigenvalue weighted by atomic mass is 16.5. The fourth-order valence-corrected chi connectivity index (χ4v) is 3.24. The summed E-state index contributed by atoms with van der Waals surface area (Å²) < 4.78 is 16.2. The molecule has 1 aliphatic heterocycles. The Labute approximate surface area is 170 Å². The van der Waals surface area contributed by atoms with Gasteiger partial charge >= 0.3 is 0 Å². The van der Waals surface area contributed by atoms with Crippen LogP contribution in [0.25, 0.3) is 11.3 Å². The number of nitrogens with one attached hydrogen (secondary N) is 1. The third-order valence-electron chi connectivity index (χ3n) is 4.76. The van der Waals surface area contributed by atoms with Crippen LogP contribution in [0.15, 0.2) is 54.6 Å². The predicted molar refractivity (Wildman–Crippen MR) is 113 cm³/mol. The molecule has 1 aromatic heterocycles. The van der Waals surface area contributed by atoms with Gasteiger partial charge in [-0.1, -0.05) is 30.3 Å². The third kappa shape index (κ3) is 4.41. The van der Waals surface area contributed by atoms with Crippen LogP contribution in [0.3, 0.4) is 0 Å². The zero-order chi connectivity index (χ0) is 20.1. The summed E-state index contributed by atoms with van der Waals surface area (Å²) in [6, 6.07) is 17.8. The van der Waals surface area contributed by atoms with Gasteiger partial charge in [0.05, 0.1) is 33.1 Å². The summed E-state index contributed by atoms with van der Waals surface area (Å²) in [6.07, 6.45) is 0. The van der Waals surface area contributed by atoms with Crippen LogP contribution < -0.4 is 19.7 Å². The van der Waals surface area contributed by atoms with E-state index in [0.717, 1.165) is 35.9 Å². The van der Waals surface area contributed by atoms with Gasteiger partial charge in [0.2, 0.25) is 5.95 Å². The lowest BCUT2D eigenvalue weighted by molar-refractivity contribution is 0.122. The summed E-state index contributed by atoms with van der Waals surface area (Å²) in [5.74, 6) is 2.72. The predicted octanol–water partition coefficient (Wildman–Crippen LogP) is 3.74. The number of methoxy groups -OCH3 is 2. The summed E-state index contributed by atoms with van der Waals surface area (Å²) in [4.78, 5) is 11.7. The molecular formula is C22H24N4O3. The van der Waals surface area contributed by atoms with Gasteiger partial charge in [-0.3, -0.25) is 0 Å². The van der Waals surface area contributed by atoms with Crippen molar-refractivity contribution in [3.63, 3.8) is 0 Å². The van der Waals surface area contributed by atoms with E-state index in [-0.39, 0.29) is 0 Å². The number of hydrogen-bond donors (Lipinski definition) is 1. The maximum atomic E-state index is 5.48. The Kier molecular flexibility index (Phi) is 5.76. The van der Waals surface area contributed by atoms with Gasteiger partial charge in [0, 0.05) is 36.5 Å². The Balaban J connectivity index is 1.70. The van der Waals surface area contributed by atoms with E-state index in [0.29, 0.717) is 30.7 Å². The van der Waals surface area contributed by atoms with Gasteiger partial charge in [-0.05, 0) is 12.1 Å². The minimum absolute atomic E-state index is 0.528. The standard InChI is InChI=1S/C22H24N4O3/c1-27-19-9-8-17(14-20(19)28-2)23-22-24-18(16-6-4-3-5-7-16)15-21(25-22)26-10-12-29-13-11-26/h3-9,14-15H,10-13H2,1-2H3,(H,23,24,25). The smallest absolute Gasteiger partial charge is 0.229 e. The number of morpholine rings is 1. The van der Waals surface area contributed by atoms with Gasteiger partial charge in [0.25, 0.3) is 0 Å². The number of nitrogens with zero attached hydrogens (tertiary/aromatic N) is 3. The summed E-state index contributed by atoms with van der Waals surface area (Å²) in [5, 5.41) is 3.30. The van der Waals surface area contributed by atoms with E-state index in [1.807, 2.05) is 54.6 Å². The Hall–Kier alpha value is -3.32. The highest BCUT2D eigenvalue weighted by Crippen LogP contribution is 2.31. The van der Waals surface area contributed by atoms with Crippen molar-refractivity contribution in [2.24, 2.45) is 0 Å². The maximum absolute atomic E-state index is 5.48. The van der Waals surface area contributed by atoms with E-state index in [4.69, 9.17) is 24.2 Å². The van der Waals surface area contributed by atoms with Crippen LogP contribution in [0.1, 0.15) is 0 Å². The zero-order valence-electron chi connectivity index (χ0n) is 16.6. The van der Waals surface area contributed by atoms with E-state index in [2.05, 4.69) is 10.2 Å². The van der Waals surface area contributed by atoms with Crippen LogP contribution in [0.4, 0.5) is 17.5 Å². The van der Waals surface area contributed by atoms with Gasteiger partial charge in [-0.15, -0.1) is 0 Å². The third-order valence-corrected chi connectivity index (χ3v) is 4.76. The second-order valence-electron chi connectivity index (χ2n) is 6.60. The molecule has 0 amide bonds. The summed E-state index contributed by atoms with van der Waals surface area (Å²) in [6.45, 7) is 3.01. The van der Waals surface area contributed by atoms with Crippen molar-refractivity contribution < 1.29 is 14.2 Å². The lowest BCUT2D eigenvalue weighted by Crippen LogP contribution is -2.36. The van der Waals surface area contributed by atoms with Crippen LogP contribution in [-0.2, 0) is 4.74 Å². The molecule has 2 heterocycles. The number of aromatic nitrogens is 2. The lowest BCUT2D eigenvalue weighted by atomic mass is 10.1. The number of rotatable bonds is 6. The average molecular weight is 392 g/mol. The minimum atomic E-state index is 0.528. The molecule has 0 saturated carbocycles. The van der Waals surface area contributed by atoms with Gasteiger partial charge in [0.15, 0.2) is 11.5 Å². The molecule has 0 spiro atoms. The van der Waals surface area contributed by atoms with E-state index in [9.17, 15) is 0 Å². The van der Waals surface area contributed by atoms with Gasteiger partial charge < -0.3 is 24.4 Å². The van der Waals surface area contributed by atoms with Crippen molar-refractivity contribution >= 4 is 17.5 Å². The average Bonchev–Trinajstić information content (AvgIpc) is 2.80.